The fraction of sp³-hybridized carbons (Fsp3) is 0.467. The average Bonchev–Trinajstić information content (AvgIpc) is 3.04. The number of amides is 2. The highest BCUT2D eigenvalue weighted by molar-refractivity contribution is 6.30. The van der Waals surface area contributed by atoms with Gasteiger partial charge in [-0.3, -0.25) is 9.59 Å². The summed E-state index contributed by atoms with van der Waals surface area (Å²) in [5.41, 5.74) is 2.18. The molecule has 0 bridgehead atoms. The Balaban J connectivity index is 1.63. The second kappa shape index (κ2) is 14.9. The van der Waals surface area contributed by atoms with E-state index in [9.17, 15) is 9.59 Å². The molecule has 3 N–H and O–H groups in total. The standard InChI is InChI=1S/C30H41ClN4O2/c1-4-24(25-8-6-5-7-9-25)21-35-19-17-27(34-28(30(35)37)16-18-32-22(2)3)20-33-29(36)15-12-23-10-13-26(31)14-11-23/h5-15,22,24,27-28,32,34H,4,16-21H2,1-3H3,(H,33,36)/b15-12+/t24?,27-,28-/m0/s1. The van der Waals surface area contributed by atoms with E-state index in [-0.39, 0.29) is 23.9 Å². The molecule has 0 aromatic heterocycles. The summed E-state index contributed by atoms with van der Waals surface area (Å²) in [4.78, 5) is 28.1. The molecule has 1 aliphatic heterocycles. The van der Waals surface area contributed by atoms with Gasteiger partial charge in [-0.1, -0.05) is 74.8 Å². The number of carbonyl (C=O) groups is 2. The Kier molecular flexibility index (Phi) is 11.6. The SMILES string of the molecule is CCC(CN1CC[C@@H](CNC(=O)/C=C/c2ccc(Cl)cc2)N[C@@H](CCNC(C)C)C1=O)c1ccccc1. The highest BCUT2D eigenvalue weighted by atomic mass is 35.5. The van der Waals surface area contributed by atoms with Crippen LogP contribution < -0.4 is 16.0 Å². The zero-order chi connectivity index (χ0) is 26.6. The van der Waals surface area contributed by atoms with E-state index in [1.165, 1.54) is 11.6 Å². The quantitative estimate of drug-likeness (QED) is 0.354. The Hall–Kier alpha value is -2.67. The molecule has 1 aliphatic rings. The van der Waals surface area contributed by atoms with Gasteiger partial charge in [-0.25, -0.2) is 0 Å². The van der Waals surface area contributed by atoms with Crippen LogP contribution in [0.3, 0.4) is 0 Å². The Labute approximate surface area is 226 Å². The van der Waals surface area contributed by atoms with Gasteiger partial charge in [0.25, 0.3) is 0 Å². The fourth-order valence-electron chi connectivity index (χ4n) is 4.64. The molecule has 200 valence electrons. The van der Waals surface area contributed by atoms with Crippen molar-refractivity contribution in [3.8, 4) is 0 Å². The minimum absolute atomic E-state index is 0.0164. The van der Waals surface area contributed by atoms with Crippen LogP contribution in [0.25, 0.3) is 6.08 Å². The van der Waals surface area contributed by atoms with E-state index in [0.717, 1.165) is 24.9 Å². The van der Waals surface area contributed by atoms with E-state index < -0.39 is 0 Å². The Morgan fingerprint density at radius 3 is 2.57 bits per heavy atom. The molecule has 37 heavy (non-hydrogen) atoms. The molecule has 2 aromatic carbocycles. The van der Waals surface area contributed by atoms with E-state index in [1.807, 2.05) is 23.1 Å². The first-order valence-electron chi connectivity index (χ1n) is 13.4. The number of rotatable bonds is 12. The molecule has 0 aliphatic carbocycles. The lowest BCUT2D eigenvalue weighted by molar-refractivity contribution is -0.133. The number of benzene rings is 2. The summed E-state index contributed by atoms with van der Waals surface area (Å²) in [7, 11) is 0. The van der Waals surface area contributed by atoms with E-state index in [4.69, 9.17) is 11.6 Å². The number of carbonyl (C=O) groups excluding carboxylic acids is 2. The van der Waals surface area contributed by atoms with Crippen LogP contribution in [0.5, 0.6) is 0 Å². The summed E-state index contributed by atoms with van der Waals surface area (Å²) in [5.74, 6) is 0.294. The Bertz CT molecular complexity index is 1010. The van der Waals surface area contributed by atoms with Crippen LogP contribution in [0.1, 0.15) is 57.1 Å². The van der Waals surface area contributed by atoms with Gasteiger partial charge in [-0.2, -0.15) is 0 Å². The van der Waals surface area contributed by atoms with Crippen LogP contribution in [0, 0.1) is 0 Å². The van der Waals surface area contributed by atoms with Crippen LogP contribution in [0.15, 0.2) is 60.7 Å². The van der Waals surface area contributed by atoms with Crippen molar-refractivity contribution in [2.75, 3.05) is 26.2 Å². The minimum Gasteiger partial charge on any atom is -0.351 e. The fourth-order valence-corrected chi connectivity index (χ4v) is 4.76. The van der Waals surface area contributed by atoms with Crippen molar-refractivity contribution in [3.05, 3.63) is 76.8 Å². The van der Waals surface area contributed by atoms with Crippen LogP contribution in [-0.2, 0) is 9.59 Å². The van der Waals surface area contributed by atoms with E-state index in [2.05, 4.69) is 61.0 Å². The maximum absolute atomic E-state index is 13.6. The van der Waals surface area contributed by atoms with E-state index >= 15 is 0 Å². The molecular formula is C30H41ClN4O2. The van der Waals surface area contributed by atoms with Gasteiger partial charge in [0.15, 0.2) is 0 Å². The van der Waals surface area contributed by atoms with Crippen molar-refractivity contribution in [2.45, 2.75) is 64.1 Å². The summed E-state index contributed by atoms with van der Waals surface area (Å²) in [6.07, 6.45) is 5.77. The smallest absolute Gasteiger partial charge is 0.244 e. The third-order valence-electron chi connectivity index (χ3n) is 6.80. The van der Waals surface area contributed by atoms with Gasteiger partial charge in [0.1, 0.15) is 0 Å². The van der Waals surface area contributed by atoms with Crippen molar-refractivity contribution in [1.29, 1.82) is 0 Å². The molecule has 0 radical (unpaired) electrons. The molecule has 6 nitrogen and oxygen atoms in total. The first-order valence-corrected chi connectivity index (χ1v) is 13.8. The number of nitrogens with zero attached hydrogens (tertiary/aromatic N) is 1. The van der Waals surface area contributed by atoms with Crippen molar-refractivity contribution in [1.82, 2.24) is 20.9 Å². The summed E-state index contributed by atoms with van der Waals surface area (Å²) in [6.45, 7) is 9.00. The monoisotopic (exact) mass is 524 g/mol. The van der Waals surface area contributed by atoms with Gasteiger partial charge in [-0.15, -0.1) is 0 Å². The lowest BCUT2D eigenvalue weighted by Crippen LogP contribution is -2.50. The molecule has 1 saturated heterocycles. The van der Waals surface area contributed by atoms with E-state index in [0.29, 0.717) is 43.0 Å². The Morgan fingerprint density at radius 1 is 1.16 bits per heavy atom. The summed E-state index contributed by atoms with van der Waals surface area (Å²) >= 11 is 5.93. The molecule has 2 amide bonds. The van der Waals surface area contributed by atoms with Crippen molar-refractivity contribution < 1.29 is 9.59 Å². The molecule has 0 spiro atoms. The number of hydrogen-bond acceptors (Lipinski definition) is 4. The second-order valence-electron chi connectivity index (χ2n) is 10.0. The summed E-state index contributed by atoms with van der Waals surface area (Å²) in [5, 5.41) is 10.6. The first-order chi connectivity index (χ1) is 17.9. The lowest BCUT2D eigenvalue weighted by atomic mass is 9.95. The highest BCUT2D eigenvalue weighted by Gasteiger charge is 2.31. The molecule has 0 saturated carbocycles. The lowest BCUT2D eigenvalue weighted by Gasteiger charge is -2.28. The van der Waals surface area contributed by atoms with Crippen LogP contribution in [-0.4, -0.2) is 61.0 Å². The van der Waals surface area contributed by atoms with Gasteiger partial charge in [-0.05, 0) is 55.1 Å². The van der Waals surface area contributed by atoms with Crippen molar-refractivity contribution in [2.24, 2.45) is 0 Å². The largest absolute Gasteiger partial charge is 0.351 e. The highest BCUT2D eigenvalue weighted by Crippen LogP contribution is 2.22. The zero-order valence-electron chi connectivity index (χ0n) is 22.3. The Morgan fingerprint density at radius 2 is 1.89 bits per heavy atom. The topological polar surface area (TPSA) is 73.5 Å². The van der Waals surface area contributed by atoms with Gasteiger partial charge < -0.3 is 20.9 Å². The third-order valence-corrected chi connectivity index (χ3v) is 7.06. The predicted octanol–water partition coefficient (Wildman–Crippen LogP) is 4.61. The molecule has 3 rings (SSSR count). The molecule has 3 atom stereocenters. The number of nitrogens with one attached hydrogen (secondary N) is 3. The number of halogens is 1. The van der Waals surface area contributed by atoms with Crippen LogP contribution in [0.4, 0.5) is 0 Å². The first kappa shape index (κ1) is 28.9. The minimum atomic E-state index is -0.284. The molecule has 1 unspecified atom stereocenters. The maximum atomic E-state index is 13.6. The van der Waals surface area contributed by atoms with Gasteiger partial charge in [0, 0.05) is 48.7 Å². The molecule has 7 heteroatoms. The molecule has 2 aromatic rings. The average molecular weight is 525 g/mol. The normalized spacial score (nSPS) is 19.3. The molecule has 1 heterocycles. The summed E-state index contributed by atoms with van der Waals surface area (Å²) in [6, 6.07) is 17.9. The van der Waals surface area contributed by atoms with Crippen molar-refractivity contribution in [3.63, 3.8) is 0 Å². The molecule has 1 fully saturated rings. The van der Waals surface area contributed by atoms with Crippen LogP contribution >= 0.6 is 11.6 Å². The van der Waals surface area contributed by atoms with Gasteiger partial charge in [0.2, 0.25) is 11.8 Å². The summed E-state index contributed by atoms with van der Waals surface area (Å²) < 4.78 is 0. The van der Waals surface area contributed by atoms with Gasteiger partial charge >= 0.3 is 0 Å². The second-order valence-corrected chi connectivity index (χ2v) is 10.5. The van der Waals surface area contributed by atoms with Crippen molar-refractivity contribution >= 4 is 29.5 Å². The van der Waals surface area contributed by atoms with Crippen LogP contribution in [0.2, 0.25) is 5.02 Å². The van der Waals surface area contributed by atoms with Gasteiger partial charge in [0.05, 0.1) is 6.04 Å². The van der Waals surface area contributed by atoms with E-state index in [1.54, 1.807) is 18.2 Å². The zero-order valence-corrected chi connectivity index (χ0v) is 23.0. The third kappa shape index (κ3) is 9.62. The molecular weight excluding hydrogens is 484 g/mol. The maximum Gasteiger partial charge on any atom is 0.244 e. The predicted molar refractivity (Wildman–Crippen MR) is 153 cm³/mol. The number of hydrogen-bond donors (Lipinski definition) is 3.